The highest BCUT2D eigenvalue weighted by Crippen LogP contribution is 2.03. The van der Waals surface area contributed by atoms with Crippen LogP contribution in [-0.2, 0) is 0 Å². The van der Waals surface area contributed by atoms with Gasteiger partial charge in [-0.05, 0) is 12.1 Å². The van der Waals surface area contributed by atoms with Gasteiger partial charge in [0.15, 0.2) is 0 Å². The molecule has 0 fully saturated rings. The van der Waals surface area contributed by atoms with Gasteiger partial charge in [0, 0.05) is 7.11 Å². The number of aromatic amines is 1. The van der Waals surface area contributed by atoms with Gasteiger partial charge in [-0.25, -0.2) is 0 Å². The lowest BCUT2D eigenvalue weighted by molar-refractivity contribution is 0.399. The number of H-pyrrole nitrogens is 1. The van der Waals surface area contributed by atoms with Crippen LogP contribution in [0.5, 0.6) is 0 Å². The molecule has 1 heterocycles. The Morgan fingerprint density at radius 3 is 1.92 bits per heavy atom. The minimum atomic E-state index is 0. The fraction of sp³-hybridized carbons (Fsp3) is 0.143. The number of aromatic nitrogens is 3. The number of nitrogens with one attached hydrogen (secondary N) is 1. The van der Waals surface area contributed by atoms with E-state index in [0.717, 1.165) is 18.1 Å². The van der Waals surface area contributed by atoms with E-state index >= 15 is 0 Å². The summed E-state index contributed by atoms with van der Waals surface area (Å²) < 4.78 is 0. The molecule has 0 aliphatic heterocycles. The molecule has 0 unspecified atom stereocenters. The van der Waals surface area contributed by atoms with Crippen molar-refractivity contribution in [3.8, 4) is 0 Å². The van der Waals surface area contributed by atoms with Crippen LogP contribution < -0.4 is 0 Å². The van der Waals surface area contributed by atoms with Gasteiger partial charge in [-0.15, -0.1) is 0 Å². The number of rotatable bonds is 0. The molecule has 5 heteroatoms. The van der Waals surface area contributed by atoms with E-state index in [2.05, 4.69) is 15.4 Å². The van der Waals surface area contributed by atoms with E-state index in [9.17, 15) is 0 Å². The molecule has 0 spiro atoms. The Balaban J connectivity index is 0.000000378. The minimum absolute atomic E-state index is 0. The molecule has 4 N–H and O–H groups in total. The van der Waals surface area contributed by atoms with Crippen molar-refractivity contribution in [2.24, 2.45) is 0 Å². The summed E-state index contributed by atoms with van der Waals surface area (Å²) in [7, 11) is 1.00. The van der Waals surface area contributed by atoms with Crippen LogP contribution in [0.2, 0.25) is 0 Å². The van der Waals surface area contributed by atoms with Gasteiger partial charge < -0.3 is 10.6 Å². The van der Waals surface area contributed by atoms with Crippen molar-refractivity contribution in [1.82, 2.24) is 15.4 Å². The van der Waals surface area contributed by atoms with E-state index in [4.69, 9.17) is 5.11 Å². The van der Waals surface area contributed by atoms with Crippen LogP contribution in [0.15, 0.2) is 24.3 Å². The molecule has 66 valence electrons. The van der Waals surface area contributed by atoms with Crippen LogP contribution in [-0.4, -0.2) is 33.1 Å². The predicted molar refractivity (Wildman–Crippen MR) is 45.6 cm³/mol. The second kappa shape index (κ2) is 5.22. The molecule has 5 nitrogen and oxygen atoms in total. The molecule has 0 aliphatic carbocycles. The number of aliphatic hydroxyl groups excluding tert-OH is 1. The van der Waals surface area contributed by atoms with Crippen molar-refractivity contribution in [1.29, 1.82) is 0 Å². The molecule has 2 rings (SSSR count). The van der Waals surface area contributed by atoms with Crippen molar-refractivity contribution < 1.29 is 10.6 Å². The minimum Gasteiger partial charge on any atom is -0.412 e. The van der Waals surface area contributed by atoms with Crippen LogP contribution >= 0.6 is 0 Å². The van der Waals surface area contributed by atoms with Gasteiger partial charge >= 0.3 is 0 Å². The number of aliphatic hydroxyl groups is 1. The van der Waals surface area contributed by atoms with Crippen LogP contribution in [0.1, 0.15) is 0 Å². The number of benzene rings is 1. The summed E-state index contributed by atoms with van der Waals surface area (Å²) in [5, 5.41) is 17.3. The first-order chi connectivity index (χ1) is 5.47. The second-order valence-corrected chi connectivity index (χ2v) is 1.81. The lowest BCUT2D eigenvalue weighted by atomic mass is 10.3. The fourth-order valence-corrected chi connectivity index (χ4v) is 0.786. The van der Waals surface area contributed by atoms with Crippen LogP contribution in [0, 0.1) is 0 Å². The molecule has 0 saturated heterocycles. The SMILES string of the molecule is CO.O.c1ccc2n[nH]nc2c1. The largest absolute Gasteiger partial charge is 0.412 e. The highest BCUT2D eigenvalue weighted by molar-refractivity contribution is 5.72. The molecule has 0 atom stereocenters. The van der Waals surface area contributed by atoms with Crippen molar-refractivity contribution in [2.45, 2.75) is 0 Å². The van der Waals surface area contributed by atoms with Crippen molar-refractivity contribution in [2.75, 3.05) is 7.11 Å². The van der Waals surface area contributed by atoms with E-state index in [1.807, 2.05) is 24.3 Å². The monoisotopic (exact) mass is 169 g/mol. The summed E-state index contributed by atoms with van der Waals surface area (Å²) in [5.41, 5.74) is 1.83. The number of hydrogen-bond acceptors (Lipinski definition) is 3. The van der Waals surface area contributed by atoms with E-state index in [-0.39, 0.29) is 5.48 Å². The molecule has 0 aliphatic rings. The quantitative estimate of drug-likeness (QED) is 0.569. The third kappa shape index (κ3) is 2.01. The molecule has 12 heavy (non-hydrogen) atoms. The van der Waals surface area contributed by atoms with E-state index in [1.54, 1.807) is 0 Å². The fourth-order valence-electron chi connectivity index (χ4n) is 0.786. The Labute approximate surface area is 69.3 Å². The Kier molecular flexibility index (Phi) is 4.59. The second-order valence-electron chi connectivity index (χ2n) is 1.81. The van der Waals surface area contributed by atoms with Gasteiger partial charge in [0.05, 0.1) is 0 Å². The van der Waals surface area contributed by atoms with Crippen molar-refractivity contribution in [3.05, 3.63) is 24.3 Å². The van der Waals surface area contributed by atoms with Gasteiger partial charge in [-0.1, -0.05) is 12.1 Å². The van der Waals surface area contributed by atoms with Gasteiger partial charge in [0.25, 0.3) is 0 Å². The normalized spacial score (nSPS) is 8.17. The van der Waals surface area contributed by atoms with Crippen molar-refractivity contribution in [3.63, 3.8) is 0 Å². The first-order valence-corrected chi connectivity index (χ1v) is 3.17. The van der Waals surface area contributed by atoms with Gasteiger partial charge in [-0.3, -0.25) is 0 Å². The van der Waals surface area contributed by atoms with E-state index in [0.29, 0.717) is 0 Å². The van der Waals surface area contributed by atoms with Crippen molar-refractivity contribution >= 4 is 11.0 Å². The summed E-state index contributed by atoms with van der Waals surface area (Å²) in [6.07, 6.45) is 0. The number of hydrogen-bond donors (Lipinski definition) is 2. The average molecular weight is 169 g/mol. The Morgan fingerprint density at radius 2 is 1.50 bits per heavy atom. The van der Waals surface area contributed by atoms with Crippen LogP contribution in [0.3, 0.4) is 0 Å². The first-order valence-electron chi connectivity index (χ1n) is 3.17. The number of fused-ring (bicyclic) bond motifs is 1. The highest BCUT2D eigenvalue weighted by atomic mass is 16.2. The maximum atomic E-state index is 7.00. The molecular formula is C7H11N3O2. The molecule has 1 aromatic carbocycles. The maximum absolute atomic E-state index is 7.00. The lowest BCUT2D eigenvalue weighted by Crippen LogP contribution is -1.63. The molecule has 0 radical (unpaired) electrons. The zero-order valence-electron chi connectivity index (χ0n) is 6.65. The topological polar surface area (TPSA) is 93.3 Å². The molecule has 0 amide bonds. The zero-order valence-corrected chi connectivity index (χ0v) is 6.65. The molecule has 0 bridgehead atoms. The third-order valence-electron chi connectivity index (χ3n) is 1.22. The average Bonchev–Trinajstić information content (AvgIpc) is 2.55. The van der Waals surface area contributed by atoms with Gasteiger partial charge in [-0.2, -0.15) is 15.4 Å². The standard InChI is InChI=1S/C6H5N3.CH4O.H2O/c1-2-4-6-5(3-1)7-9-8-6;1-2;/h1-4H,(H,7,8,9);2H,1H3;1H2. The number of para-hydroxylation sites is 2. The first kappa shape index (κ1) is 10.5. The van der Waals surface area contributed by atoms with Crippen LogP contribution in [0.4, 0.5) is 0 Å². The Morgan fingerprint density at radius 1 is 1.08 bits per heavy atom. The Hall–Kier alpha value is -1.46. The van der Waals surface area contributed by atoms with Gasteiger partial charge in [0.1, 0.15) is 11.0 Å². The highest BCUT2D eigenvalue weighted by Gasteiger charge is 1.90. The van der Waals surface area contributed by atoms with Crippen LogP contribution in [0.25, 0.3) is 11.0 Å². The molecule has 0 saturated carbocycles. The van der Waals surface area contributed by atoms with E-state index in [1.165, 1.54) is 0 Å². The Bertz CT molecular complexity index is 291. The summed E-state index contributed by atoms with van der Waals surface area (Å²) in [4.78, 5) is 0. The summed E-state index contributed by atoms with van der Waals surface area (Å²) in [5.74, 6) is 0. The lowest BCUT2D eigenvalue weighted by Gasteiger charge is -1.78. The molecule has 1 aromatic heterocycles. The third-order valence-corrected chi connectivity index (χ3v) is 1.22. The predicted octanol–water partition coefficient (Wildman–Crippen LogP) is -0.258. The zero-order chi connectivity index (χ0) is 8.10. The summed E-state index contributed by atoms with van der Waals surface area (Å²) >= 11 is 0. The molecule has 2 aromatic rings. The summed E-state index contributed by atoms with van der Waals surface area (Å²) in [6.45, 7) is 0. The smallest absolute Gasteiger partial charge is 0.112 e. The number of nitrogens with zero attached hydrogens (tertiary/aromatic N) is 2. The van der Waals surface area contributed by atoms with E-state index < -0.39 is 0 Å². The molecular weight excluding hydrogens is 158 g/mol. The van der Waals surface area contributed by atoms with Gasteiger partial charge in [0.2, 0.25) is 0 Å². The summed E-state index contributed by atoms with van der Waals surface area (Å²) in [6, 6.07) is 7.70. The maximum Gasteiger partial charge on any atom is 0.112 e.